The lowest BCUT2D eigenvalue weighted by Crippen LogP contribution is -2.24. The summed E-state index contributed by atoms with van der Waals surface area (Å²) in [6.45, 7) is 1.82. The predicted molar refractivity (Wildman–Crippen MR) is 81.6 cm³/mol. The molecule has 3 rings (SSSR count). The third-order valence-corrected chi connectivity index (χ3v) is 3.37. The van der Waals surface area contributed by atoms with Crippen LogP contribution in [0.2, 0.25) is 0 Å². The van der Waals surface area contributed by atoms with E-state index in [1.165, 1.54) is 0 Å². The Morgan fingerprint density at radius 1 is 1.05 bits per heavy atom. The number of hydrogen-bond acceptors (Lipinski definition) is 2. The molecule has 4 heteroatoms. The van der Waals surface area contributed by atoms with Gasteiger partial charge < -0.3 is 0 Å². The van der Waals surface area contributed by atoms with Gasteiger partial charge in [0.25, 0.3) is 5.56 Å². The zero-order valence-corrected chi connectivity index (χ0v) is 11.7. The van der Waals surface area contributed by atoms with Crippen LogP contribution in [0, 0.1) is 0 Å². The smallest absolute Gasteiger partial charge is 0.266 e. The highest BCUT2D eigenvalue weighted by Crippen LogP contribution is 2.21. The molecule has 0 bridgehead atoms. The fourth-order valence-electron chi connectivity index (χ4n) is 2.24. The van der Waals surface area contributed by atoms with Crippen LogP contribution in [-0.2, 0) is 0 Å². The second-order valence-electron chi connectivity index (χ2n) is 4.58. The van der Waals surface area contributed by atoms with Crippen LogP contribution < -0.4 is 5.56 Å². The molecule has 1 atom stereocenters. The standard InChI is InChI=1S/C16H13ClN2O/c1-11(17)15-18-14-10-6-5-9-13(14)16(20)19(15)12-7-3-2-4-8-12/h2-11H,1H3. The molecule has 0 saturated heterocycles. The van der Waals surface area contributed by atoms with Gasteiger partial charge in [-0.25, -0.2) is 4.98 Å². The van der Waals surface area contributed by atoms with Crippen molar-refractivity contribution in [1.82, 2.24) is 9.55 Å². The number of aromatic nitrogens is 2. The lowest BCUT2D eigenvalue weighted by atomic mass is 10.2. The number of hydrogen-bond donors (Lipinski definition) is 0. The maximum atomic E-state index is 12.7. The van der Waals surface area contributed by atoms with Gasteiger partial charge in [0, 0.05) is 0 Å². The first-order valence-corrected chi connectivity index (χ1v) is 6.83. The van der Waals surface area contributed by atoms with Crippen LogP contribution in [0.5, 0.6) is 0 Å². The fourth-order valence-corrected chi connectivity index (χ4v) is 2.39. The number of para-hydroxylation sites is 2. The molecule has 2 aromatic carbocycles. The average Bonchev–Trinajstić information content (AvgIpc) is 2.48. The van der Waals surface area contributed by atoms with Crippen LogP contribution in [-0.4, -0.2) is 9.55 Å². The van der Waals surface area contributed by atoms with Gasteiger partial charge >= 0.3 is 0 Å². The number of fused-ring (bicyclic) bond motifs is 1. The summed E-state index contributed by atoms with van der Waals surface area (Å²) in [6.07, 6.45) is 0. The molecule has 20 heavy (non-hydrogen) atoms. The van der Waals surface area contributed by atoms with Crippen molar-refractivity contribution in [2.45, 2.75) is 12.3 Å². The summed E-state index contributed by atoms with van der Waals surface area (Å²) in [5.41, 5.74) is 1.36. The van der Waals surface area contributed by atoms with E-state index in [2.05, 4.69) is 4.98 Å². The minimum atomic E-state index is -0.354. The van der Waals surface area contributed by atoms with Crippen molar-refractivity contribution in [3.8, 4) is 5.69 Å². The zero-order valence-electron chi connectivity index (χ0n) is 11.0. The molecule has 0 aliphatic heterocycles. The van der Waals surface area contributed by atoms with Gasteiger partial charge in [0.15, 0.2) is 0 Å². The van der Waals surface area contributed by atoms with Crippen molar-refractivity contribution < 1.29 is 0 Å². The largest absolute Gasteiger partial charge is 0.268 e. The molecule has 0 fully saturated rings. The summed E-state index contributed by atoms with van der Waals surface area (Å²) in [4.78, 5) is 17.3. The SMILES string of the molecule is CC(Cl)c1nc2ccccc2c(=O)n1-c1ccccc1. The van der Waals surface area contributed by atoms with Crippen molar-refractivity contribution in [1.29, 1.82) is 0 Å². The minimum absolute atomic E-state index is 0.0932. The van der Waals surface area contributed by atoms with Crippen molar-refractivity contribution in [3.05, 3.63) is 70.8 Å². The number of alkyl halides is 1. The second-order valence-corrected chi connectivity index (χ2v) is 5.23. The lowest BCUT2D eigenvalue weighted by molar-refractivity contribution is 0.815. The molecular weight excluding hydrogens is 272 g/mol. The van der Waals surface area contributed by atoms with E-state index in [1.807, 2.05) is 55.5 Å². The van der Waals surface area contributed by atoms with Crippen molar-refractivity contribution in [2.75, 3.05) is 0 Å². The summed E-state index contributed by atoms with van der Waals surface area (Å²) in [5.74, 6) is 0.557. The summed E-state index contributed by atoms with van der Waals surface area (Å²) in [7, 11) is 0. The van der Waals surface area contributed by atoms with Gasteiger partial charge in [0.1, 0.15) is 5.82 Å². The van der Waals surface area contributed by atoms with Gasteiger partial charge in [-0.05, 0) is 31.2 Å². The topological polar surface area (TPSA) is 34.9 Å². The Bertz CT molecular complexity index is 810. The Morgan fingerprint density at radius 2 is 1.70 bits per heavy atom. The van der Waals surface area contributed by atoms with E-state index >= 15 is 0 Å². The van der Waals surface area contributed by atoms with Crippen molar-refractivity contribution in [2.24, 2.45) is 0 Å². The summed E-state index contributed by atoms with van der Waals surface area (Å²) < 4.78 is 1.58. The normalized spacial score (nSPS) is 12.5. The van der Waals surface area contributed by atoms with Gasteiger partial charge in [0.05, 0.1) is 22.0 Å². The van der Waals surface area contributed by atoms with E-state index in [1.54, 1.807) is 10.6 Å². The molecule has 100 valence electrons. The summed E-state index contributed by atoms with van der Waals surface area (Å²) in [6, 6.07) is 16.8. The highest BCUT2D eigenvalue weighted by molar-refractivity contribution is 6.20. The zero-order chi connectivity index (χ0) is 14.1. The third kappa shape index (κ3) is 2.10. The Hall–Kier alpha value is -2.13. The molecule has 0 N–H and O–H groups in total. The van der Waals surface area contributed by atoms with E-state index in [9.17, 15) is 4.79 Å². The third-order valence-electron chi connectivity index (χ3n) is 3.17. The highest BCUT2D eigenvalue weighted by Gasteiger charge is 2.15. The first-order valence-electron chi connectivity index (χ1n) is 6.39. The van der Waals surface area contributed by atoms with E-state index < -0.39 is 0 Å². The second kappa shape index (κ2) is 5.10. The first-order chi connectivity index (χ1) is 9.68. The van der Waals surface area contributed by atoms with E-state index in [-0.39, 0.29) is 10.9 Å². The molecule has 1 heterocycles. The molecule has 0 aliphatic carbocycles. The van der Waals surface area contributed by atoms with E-state index in [4.69, 9.17) is 11.6 Å². The summed E-state index contributed by atoms with van der Waals surface area (Å²) >= 11 is 6.21. The maximum Gasteiger partial charge on any atom is 0.266 e. The quantitative estimate of drug-likeness (QED) is 0.673. The Morgan fingerprint density at radius 3 is 2.40 bits per heavy atom. The van der Waals surface area contributed by atoms with E-state index in [0.29, 0.717) is 16.7 Å². The molecule has 0 saturated carbocycles. The molecule has 0 spiro atoms. The number of nitrogens with zero attached hydrogens (tertiary/aromatic N) is 2. The molecule has 1 aromatic heterocycles. The Labute approximate surface area is 121 Å². The first kappa shape index (κ1) is 12.9. The number of halogens is 1. The molecule has 0 amide bonds. The van der Waals surface area contributed by atoms with Crippen molar-refractivity contribution in [3.63, 3.8) is 0 Å². The monoisotopic (exact) mass is 284 g/mol. The summed E-state index contributed by atoms with van der Waals surface area (Å²) in [5, 5.41) is 0.241. The predicted octanol–water partition coefficient (Wildman–Crippen LogP) is 3.69. The van der Waals surface area contributed by atoms with Gasteiger partial charge in [-0.1, -0.05) is 30.3 Å². The highest BCUT2D eigenvalue weighted by atomic mass is 35.5. The van der Waals surface area contributed by atoms with Crippen LogP contribution in [0.3, 0.4) is 0 Å². The van der Waals surface area contributed by atoms with Crippen LogP contribution in [0.15, 0.2) is 59.4 Å². The number of rotatable bonds is 2. The van der Waals surface area contributed by atoms with Gasteiger partial charge in [-0.15, -0.1) is 11.6 Å². The molecule has 3 nitrogen and oxygen atoms in total. The lowest BCUT2D eigenvalue weighted by Gasteiger charge is -2.14. The Balaban J connectivity index is 2.43. The minimum Gasteiger partial charge on any atom is -0.268 e. The van der Waals surface area contributed by atoms with Crippen LogP contribution >= 0.6 is 11.6 Å². The molecule has 0 aliphatic rings. The van der Waals surface area contributed by atoms with Crippen LogP contribution in [0.25, 0.3) is 16.6 Å². The van der Waals surface area contributed by atoms with Crippen LogP contribution in [0.4, 0.5) is 0 Å². The van der Waals surface area contributed by atoms with Gasteiger partial charge in [-0.2, -0.15) is 0 Å². The fraction of sp³-hybridized carbons (Fsp3) is 0.125. The van der Waals surface area contributed by atoms with Gasteiger partial charge in [0.2, 0.25) is 0 Å². The molecule has 0 radical (unpaired) electrons. The van der Waals surface area contributed by atoms with Gasteiger partial charge in [-0.3, -0.25) is 9.36 Å². The molecule has 3 aromatic rings. The molecule has 1 unspecified atom stereocenters. The maximum absolute atomic E-state index is 12.7. The van der Waals surface area contributed by atoms with Crippen LogP contribution in [0.1, 0.15) is 18.1 Å². The van der Waals surface area contributed by atoms with E-state index in [0.717, 1.165) is 5.69 Å². The average molecular weight is 285 g/mol. The molecular formula is C16H13ClN2O. The number of benzene rings is 2. The van der Waals surface area contributed by atoms with Crippen molar-refractivity contribution >= 4 is 22.5 Å². The Kier molecular flexibility index (Phi) is 3.28.